The third-order valence-corrected chi connectivity index (χ3v) is 4.45. The van der Waals surface area contributed by atoms with Crippen molar-refractivity contribution in [2.45, 2.75) is 39.3 Å². The van der Waals surface area contributed by atoms with Gasteiger partial charge in [-0.25, -0.2) is 4.68 Å². The first-order chi connectivity index (χ1) is 9.50. The zero-order chi connectivity index (χ0) is 14.7. The van der Waals surface area contributed by atoms with Gasteiger partial charge in [-0.05, 0) is 41.2 Å². The van der Waals surface area contributed by atoms with Crippen LogP contribution in [0.4, 0.5) is 5.69 Å². The molecule has 1 aromatic rings. The standard InChI is InChI=1S/C14H23BrN4O/c1-10(2)9-19-14(20)13(15)12(8-17-19)18(3)11-5-4-6-16-7-11/h8,10-11,16H,4-7,9H2,1-3H3. The molecule has 5 nitrogen and oxygen atoms in total. The average molecular weight is 343 g/mol. The fourth-order valence-electron chi connectivity index (χ4n) is 2.54. The molecule has 0 amide bonds. The molecule has 1 aliphatic heterocycles. The van der Waals surface area contributed by atoms with E-state index in [-0.39, 0.29) is 5.56 Å². The van der Waals surface area contributed by atoms with Crippen molar-refractivity contribution < 1.29 is 0 Å². The smallest absolute Gasteiger partial charge is 0.283 e. The minimum atomic E-state index is -0.0492. The molecule has 0 saturated carbocycles. The molecule has 112 valence electrons. The molecule has 1 aromatic heterocycles. The lowest BCUT2D eigenvalue weighted by Gasteiger charge is -2.33. The second-order valence-electron chi connectivity index (χ2n) is 5.84. The molecule has 20 heavy (non-hydrogen) atoms. The number of nitrogens with one attached hydrogen (secondary N) is 1. The molecule has 1 aliphatic rings. The van der Waals surface area contributed by atoms with Crippen LogP contribution >= 0.6 is 15.9 Å². The zero-order valence-electron chi connectivity index (χ0n) is 12.4. The van der Waals surface area contributed by atoms with Crippen molar-refractivity contribution in [1.82, 2.24) is 15.1 Å². The van der Waals surface area contributed by atoms with Crippen molar-refractivity contribution in [1.29, 1.82) is 0 Å². The number of anilines is 1. The number of piperidine rings is 1. The number of halogens is 1. The average Bonchev–Trinajstić information content (AvgIpc) is 2.44. The SMILES string of the molecule is CC(C)Cn1ncc(N(C)C2CCCNC2)c(Br)c1=O. The zero-order valence-corrected chi connectivity index (χ0v) is 14.0. The molecule has 1 atom stereocenters. The Hall–Kier alpha value is -0.880. The molecule has 1 N–H and O–H groups in total. The quantitative estimate of drug-likeness (QED) is 0.907. The molecule has 0 aromatic carbocycles. The summed E-state index contributed by atoms with van der Waals surface area (Å²) in [4.78, 5) is 14.5. The summed E-state index contributed by atoms with van der Waals surface area (Å²) in [7, 11) is 2.03. The summed E-state index contributed by atoms with van der Waals surface area (Å²) >= 11 is 3.45. The summed E-state index contributed by atoms with van der Waals surface area (Å²) in [5.41, 5.74) is 0.829. The molecule has 0 aliphatic carbocycles. The first kappa shape index (κ1) is 15.5. The van der Waals surface area contributed by atoms with Gasteiger partial charge < -0.3 is 10.2 Å². The lowest BCUT2D eigenvalue weighted by molar-refractivity contribution is 0.440. The van der Waals surface area contributed by atoms with Gasteiger partial charge in [0.05, 0.1) is 11.9 Å². The molecule has 2 rings (SSSR count). The second-order valence-corrected chi connectivity index (χ2v) is 6.63. The van der Waals surface area contributed by atoms with E-state index in [1.807, 2.05) is 7.05 Å². The number of rotatable bonds is 4. The van der Waals surface area contributed by atoms with Crippen molar-refractivity contribution in [3.63, 3.8) is 0 Å². The highest BCUT2D eigenvalue weighted by molar-refractivity contribution is 9.10. The van der Waals surface area contributed by atoms with Crippen LogP contribution in [0.2, 0.25) is 0 Å². The Bertz CT molecular complexity index is 508. The van der Waals surface area contributed by atoms with Gasteiger partial charge in [-0.3, -0.25) is 4.79 Å². The van der Waals surface area contributed by atoms with Crippen LogP contribution in [0.15, 0.2) is 15.5 Å². The maximum Gasteiger partial charge on any atom is 0.283 e. The lowest BCUT2D eigenvalue weighted by atomic mass is 10.1. The fraction of sp³-hybridized carbons (Fsp3) is 0.714. The van der Waals surface area contributed by atoms with Gasteiger partial charge in [0, 0.05) is 26.2 Å². The van der Waals surface area contributed by atoms with Crippen LogP contribution in [0.25, 0.3) is 0 Å². The Morgan fingerprint density at radius 1 is 1.60 bits per heavy atom. The minimum Gasteiger partial charge on any atom is -0.368 e. The van der Waals surface area contributed by atoms with Gasteiger partial charge in [-0.15, -0.1) is 0 Å². The first-order valence-corrected chi connectivity index (χ1v) is 7.99. The van der Waals surface area contributed by atoms with Crippen LogP contribution in [0.1, 0.15) is 26.7 Å². The van der Waals surface area contributed by atoms with Crippen molar-refractivity contribution in [2.75, 3.05) is 25.0 Å². The van der Waals surface area contributed by atoms with E-state index in [4.69, 9.17) is 0 Å². The topological polar surface area (TPSA) is 50.2 Å². The van der Waals surface area contributed by atoms with Crippen molar-refractivity contribution in [3.05, 3.63) is 21.0 Å². The molecular weight excluding hydrogens is 320 g/mol. The van der Waals surface area contributed by atoms with E-state index in [9.17, 15) is 4.79 Å². The fourth-order valence-corrected chi connectivity index (χ4v) is 3.13. The Morgan fingerprint density at radius 2 is 2.35 bits per heavy atom. The molecule has 0 radical (unpaired) electrons. The lowest BCUT2D eigenvalue weighted by Crippen LogP contribution is -2.45. The van der Waals surface area contributed by atoms with E-state index < -0.39 is 0 Å². The molecule has 1 saturated heterocycles. The maximum atomic E-state index is 12.3. The van der Waals surface area contributed by atoms with Crippen LogP contribution in [-0.2, 0) is 6.54 Å². The van der Waals surface area contributed by atoms with Crippen LogP contribution < -0.4 is 15.8 Å². The Kier molecular flexibility index (Phi) is 5.21. The highest BCUT2D eigenvalue weighted by Gasteiger charge is 2.21. The highest BCUT2D eigenvalue weighted by atomic mass is 79.9. The predicted molar refractivity (Wildman–Crippen MR) is 85.3 cm³/mol. The second kappa shape index (κ2) is 6.72. The normalized spacial score (nSPS) is 19.4. The molecular formula is C14H23BrN4O. The van der Waals surface area contributed by atoms with E-state index >= 15 is 0 Å². The van der Waals surface area contributed by atoms with E-state index in [0.29, 0.717) is 23.0 Å². The van der Waals surface area contributed by atoms with E-state index in [1.54, 1.807) is 6.20 Å². The summed E-state index contributed by atoms with van der Waals surface area (Å²) in [6, 6.07) is 0.419. The van der Waals surface area contributed by atoms with Crippen molar-refractivity contribution >= 4 is 21.6 Å². The van der Waals surface area contributed by atoms with Crippen LogP contribution in [-0.4, -0.2) is 36.0 Å². The third-order valence-electron chi connectivity index (χ3n) is 3.70. The first-order valence-electron chi connectivity index (χ1n) is 7.20. The van der Waals surface area contributed by atoms with Crippen LogP contribution in [0.3, 0.4) is 0 Å². The van der Waals surface area contributed by atoms with E-state index in [1.165, 1.54) is 11.1 Å². The Morgan fingerprint density at radius 3 is 2.95 bits per heavy atom. The highest BCUT2D eigenvalue weighted by Crippen LogP contribution is 2.24. The summed E-state index contributed by atoms with van der Waals surface area (Å²) < 4.78 is 2.15. The van der Waals surface area contributed by atoms with Gasteiger partial charge in [0.15, 0.2) is 0 Å². The van der Waals surface area contributed by atoms with Gasteiger partial charge in [-0.1, -0.05) is 13.8 Å². The molecule has 2 heterocycles. The predicted octanol–water partition coefficient (Wildman–Crippen LogP) is 1.85. The summed E-state index contributed by atoms with van der Waals surface area (Å²) in [6.07, 6.45) is 4.11. The van der Waals surface area contributed by atoms with Gasteiger partial charge >= 0.3 is 0 Å². The Balaban J connectivity index is 2.24. The van der Waals surface area contributed by atoms with Gasteiger partial charge in [0.1, 0.15) is 4.47 Å². The van der Waals surface area contributed by atoms with Gasteiger partial charge in [0.2, 0.25) is 0 Å². The van der Waals surface area contributed by atoms with Crippen LogP contribution in [0, 0.1) is 5.92 Å². The largest absolute Gasteiger partial charge is 0.368 e. The molecule has 0 spiro atoms. The van der Waals surface area contributed by atoms with Crippen molar-refractivity contribution in [2.24, 2.45) is 5.92 Å². The molecule has 1 unspecified atom stereocenters. The monoisotopic (exact) mass is 342 g/mol. The number of nitrogens with zero attached hydrogens (tertiary/aromatic N) is 3. The summed E-state index contributed by atoms with van der Waals surface area (Å²) in [5.74, 6) is 0.401. The van der Waals surface area contributed by atoms with Crippen LogP contribution in [0.5, 0.6) is 0 Å². The Labute approximate surface area is 128 Å². The summed E-state index contributed by atoms with van der Waals surface area (Å²) in [5, 5.41) is 7.70. The summed E-state index contributed by atoms with van der Waals surface area (Å²) in [6.45, 7) is 6.84. The van der Waals surface area contributed by atoms with Gasteiger partial charge in [0.25, 0.3) is 5.56 Å². The number of likely N-dealkylation sites (N-methyl/N-ethyl adjacent to an activating group) is 1. The maximum absolute atomic E-state index is 12.3. The van der Waals surface area contributed by atoms with E-state index in [0.717, 1.165) is 25.2 Å². The minimum absolute atomic E-state index is 0.0492. The third kappa shape index (κ3) is 3.41. The number of hydrogen-bond acceptors (Lipinski definition) is 4. The van der Waals surface area contributed by atoms with Crippen molar-refractivity contribution in [3.8, 4) is 0 Å². The molecule has 0 bridgehead atoms. The number of aromatic nitrogens is 2. The molecule has 1 fully saturated rings. The van der Waals surface area contributed by atoms with Gasteiger partial charge in [-0.2, -0.15) is 5.10 Å². The molecule has 6 heteroatoms. The number of hydrogen-bond donors (Lipinski definition) is 1. The van der Waals surface area contributed by atoms with E-state index in [2.05, 4.69) is 45.1 Å².